The van der Waals surface area contributed by atoms with E-state index < -0.39 is 0 Å². The molecule has 4 aromatic carbocycles. The van der Waals surface area contributed by atoms with Gasteiger partial charge < -0.3 is 5.32 Å². The second-order valence-corrected chi connectivity index (χ2v) is 10.5. The van der Waals surface area contributed by atoms with Gasteiger partial charge >= 0.3 is 0 Å². The summed E-state index contributed by atoms with van der Waals surface area (Å²) in [6.07, 6.45) is 4.92. The Balaban J connectivity index is 1.22. The summed E-state index contributed by atoms with van der Waals surface area (Å²) in [5.74, 6) is 1.06. The number of anilines is 1. The highest BCUT2D eigenvalue weighted by molar-refractivity contribution is 7.99. The van der Waals surface area contributed by atoms with Crippen molar-refractivity contribution >= 4 is 28.2 Å². The molecule has 32 heavy (non-hydrogen) atoms. The van der Waals surface area contributed by atoms with Gasteiger partial charge in [-0.25, -0.2) is 0 Å². The minimum absolute atomic E-state index is 0.213. The van der Waals surface area contributed by atoms with Crippen molar-refractivity contribution in [2.24, 2.45) is 0 Å². The zero-order valence-electron chi connectivity index (χ0n) is 18.7. The molecule has 6 rings (SSSR count). The molecular formula is C30H29NS. The van der Waals surface area contributed by atoms with Gasteiger partial charge in [-0.05, 0) is 89.4 Å². The van der Waals surface area contributed by atoms with Gasteiger partial charge in [0, 0.05) is 28.3 Å². The Morgan fingerprint density at radius 3 is 2.38 bits per heavy atom. The molecule has 2 aliphatic carbocycles. The van der Waals surface area contributed by atoms with Crippen LogP contribution in [0.5, 0.6) is 0 Å². The fraction of sp³-hybridized carbons (Fsp3) is 0.267. The van der Waals surface area contributed by atoms with Gasteiger partial charge in [0.2, 0.25) is 0 Å². The van der Waals surface area contributed by atoms with E-state index in [2.05, 4.69) is 91.1 Å². The average Bonchev–Trinajstić information content (AvgIpc) is 3.40. The van der Waals surface area contributed by atoms with E-state index in [1.54, 1.807) is 22.3 Å². The van der Waals surface area contributed by atoms with Crippen molar-refractivity contribution in [3.8, 4) is 0 Å². The quantitative estimate of drug-likeness (QED) is 0.257. The molecule has 1 nitrogen and oxygen atoms in total. The monoisotopic (exact) mass is 435 g/mol. The molecule has 2 heteroatoms. The highest BCUT2D eigenvalue weighted by Crippen LogP contribution is 2.55. The summed E-state index contributed by atoms with van der Waals surface area (Å²) in [6.45, 7) is 3.28. The van der Waals surface area contributed by atoms with Crippen molar-refractivity contribution in [3.63, 3.8) is 0 Å². The van der Waals surface area contributed by atoms with E-state index in [1.807, 2.05) is 11.8 Å². The first kappa shape index (κ1) is 19.9. The van der Waals surface area contributed by atoms with E-state index in [0.717, 1.165) is 12.3 Å². The molecule has 0 radical (unpaired) electrons. The molecule has 0 aliphatic heterocycles. The number of thioether (sulfide) groups is 1. The first-order chi connectivity index (χ1) is 15.7. The third-order valence-electron chi connectivity index (χ3n) is 7.52. The molecule has 1 atom stereocenters. The molecule has 0 unspecified atom stereocenters. The Morgan fingerprint density at radius 1 is 0.781 bits per heavy atom. The molecule has 1 spiro atoms. The standard InChI is InChI=1S/C30H29NS/c1-21-6-4-9-23-14-16-30(28(21)23)17-15-24-10-5-11-27(29(24)30)31-18-19-32-26-13-12-22-7-2-3-8-25(22)20-26/h2-13,20,31H,14-19H2,1H3/t30-/m1/s1. The normalized spacial score (nSPS) is 18.8. The number of hydrogen-bond donors (Lipinski definition) is 1. The molecule has 0 fully saturated rings. The fourth-order valence-corrected chi connectivity index (χ4v) is 7.01. The Bertz CT molecular complexity index is 1300. The predicted molar refractivity (Wildman–Crippen MR) is 138 cm³/mol. The highest BCUT2D eigenvalue weighted by atomic mass is 32.2. The van der Waals surface area contributed by atoms with Crippen LogP contribution in [0.1, 0.15) is 40.7 Å². The van der Waals surface area contributed by atoms with Crippen LogP contribution in [-0.2, 0) is 18.3 Å². The van der Waals surface area contributed by atoms with Gasteiger partial charge in [0.1, 0.15) is 0 Å². The molecule has 2 aliphatic rings. The van der Waals surface area contributed by atoms with Gasteiger partial charge in [-0.3, -0.25) is 0 Å². The number of aryl methyl sites for hydroxylation is 3. The summed E-state index contributed by atoms with van der Waals surface area (Å²) in [4.78, 5) is 1.35. The van der Waals surface area contributed by atoms with Crippen LogP contribution in [0.15, 0.2) is 83.8 Å². The molecule has 0 bridgehead atoms. The maximum Gasteiger partial charge on any atom is 0.0384 e. The van der Waals surface area contributed by atoms with Gasteiger partial charge in [0.05, 0.1) is 0 Å². The summed E-state index contributed by atoms with van der Waals surface area (Å²) < 4.78 is 0. The molecule has 0 heterocycles. The van der Waals surface area contributed by atoms with Crippen LogP contribution in [-0.4, -0.2) is 12.3 Å². The van der Waals surface area contributed by atoms with Gasteiger partial charge in [-0.2, -0.15) is 0 Å². The van der Waals surface area contributed by atoms with Crippen LogP contribution < -0.4 is 5.32 Å². The van der Waals surface area contributed by atoms with Gasteiger partial charge in [0.25, 0.3) is 0 Å². The topological polar surface area (TPSA) is 12.0 Å². The van der Waals surface area contributed by atoms with Crippen molar-refractivity contribution < 1.29 is 0 Å². The zero-order chi connectivity index (χ0) is 21.5. The highest BCUT2D eigenvalue weighted by Gasteiger charge is 2.46. The lowest BCUT2D eigenvalue weighted by Gasteiger charge is -2.30. The maximum atomic E-state index is 3.83. The van der Waals surface area contributed by atoms with Crippen LogP contribution in [0.4, 0.5) is 5.69 Å². The third-order valence-corrected chi connectivity index (χ3v) is 8.51. The van der Waals surface area contributed by atoms with Crippen LogP contribution in [0.3, 0.4) is 0 Å². The third kappa shape index (κ3) is 3.24. The van der Waals surface area contributed by atoms with Crippen molar-refractivity contribution in [2.75, 3.05) is 17.6 Å². The zero-order valence-corrected chi connectivity index (χ0v) is 19.5. The van der Waals surface area contributed by atoms with Crippen LogP contribution in [0.25, 0.3) is 10.8 Å². The molecule has 4 aromatic rings. The number of rotatable bonds is 5. The number of hydrogen-bond acceptors (Lipinski definition) is 2. The smallest absolute Gasteiger partial charge is 0.0384 e. The Kier molecular flexibility index (Phi) is 4.99. The molecule has 0 saturated carbocycles. The van der Waals surface area contributed by atoms with Crippen molar-refractivity contribution in [2.45, 2.75) is 42.9 Å². The van der Waals surface area contributed by atoms with Crippen molar-refractivity contribution in [3.05, 3.63) is 107 Å². The summed E-state index contributed by atoms with van der Waals surface area (Å²) in [7, 11) is 0. The Hall–Kier alpha value is -2.71. The minimum atomic E-state index is 0.213. The second kappa shape index (κ2) is 8.01. The molecule has 0 aromatic heterocycles. The van der Waals surface area contributed by atoms with E-state index in [0.29, 0.717) is 0 Å². The lowest BCUT2D eigenvalue weighted by molar-refractivity contribution is 0.506. The number of benzene rings is 4. The lowest BCUT2D eigenvalue weighted by Crippen LogP contribution is -2.24. The predicted octanol–water partition coefficient (Wildman–Crippen LogP) is 7.53. The van der Waals surface area contributed by atoms with Gasteiger partial charge in [-0.1, -0.05) is 60.7 Å². The molecule has 1 N–H and O–H groups in total. The largest absolute Gasteiger partial charge is 0.384 e. The van der Waals surface area contributed by atoms with Crippen LogP contribution in [0, 0.1) is 6.92 Å². The fourth-order valence-electron chi connectivity index (χ4n) is 6.20. The van der Waals surface area contributed by atoms with E-state index in [4.69, 9.17) is 0 Å². The first-order valence-corrected chi connectivity index (χ1v) is 12.8. The van der Waals surface area contributed by atoms with Crippen molar-refractivity contribution in [1.29, 1.82) is 0 Å². The summed E-state index contributed by atoms with van der Waals surface area (Å²) in [5.41, 5.74) is 9.37. The number of nitrogens with one attached hydrogen (secondary N) is 1. The van der Waals surface area contributed by atoms with E-state index >= 15 is 0 Å². The SMILES string of the molecule is Cc1cccc2c1[C@@]1(CC2)CCc2cccc(NCCSc3ccc4ccccc4c3)c21. The van der Waals surface area contributed by atoms with Gasteiger partial charge in [-0.15, -0.1) is 11.8 Å². The molecule has 0 saturated heterocycles. The number of fused-ring (bicyclic) bond motifs is 5. The average molecular weight is 436 g/mol. The first-order valence-electron chi connectivity index (χ1n) is 11.8. The summed E-state index contributed by atoms with van der Waals surface area (Å²) in [5, 5.41) is 6.47. The maximum absolute atomic E-state index is 3.83. The summed E-state index contributed by atoms with van der Waals surface area (Å²) >= 11 is 1.94. The minimum Gasteiger partial charge on any atom is -0.384 e. The van der Waals surface area contributed by atoms with Gasteiger partial charge in [0.15, 0.2) is 0 Å². The second-order valence-electron chi connectivity index (χ2n) is 9.32. The van der Waals surface area contributed by atoms with Crippen LogP contribution >= 0.6 is 11.8 Å². The van der Waals surface area contributed by atoms with E-state index in [1.165, 1.54) is 52.6 Å². The summed E-state index contributed by atoms with van der Waals surface area (Å²) in [6, 6.07) is 29.2. The van der Waals surface area contributed by atoms with E-state index in [9.17, 15) is 0 Å². The van der Waals surface area contributed by atoms with Crippen LogP contribution in [0.2, 0.25) is 0 Å². The molecule has 0 amide bonds. The van der Waals surface area contributed by atoms with Crippen molar-refractivity contribution in [1.82, 2.24) is 0 Å². The molecular weight excluding hydrogens is 406 g/mol. The Morgan fingerprint density at radius 2 is 1.53 bits per heavy atom. The Labute approximate surface area is 195 Å². The lowest BCUT2D eigenvalue weighted by atomic mass is 9.74. The molecule has 160 valence electrons. The van der Waals surface area contributed by atoms with E-state index in [-0.39, 0.29) is 5.41 Å².